The first-order valence-electron chi connectivity index (χ1n) is 8.72. The third kappa shape index (κ3) is 3.83. The second-order valence-electron chi connectivity index (χ2n) is 7.03. The Morgan fingerprint density at radius 3 is 1.54 bits per heavy atom. The van der Waals surface area contributed by atoms with E-state index >= 15 is 0 Å². The van der Waals surface area contributed by atoms with Gasteiger partial charge in [0.15, 0.2) is 0 Å². The van der Waals surface area contributed by atoms with Crippen molar-refractivity contribution in [1.29, 1.82) is 0 Å². The van der Waals surface area contributed by atoms with Crippen molar-refractivity contribution in [1.82, 2.24) is 29.5 Å². The Morgan fingerprint density at radius 2 is 1.18 bits per heavy atom. The van der Waals surface area contributed by atoms with Gasteiger partial charge in [-0.1, -0.05) is 47.3 Å². The number of nitrogens with zero attached hydrogens (tertiary/aromatic N) is 6. The van der Waals surface area contributed by atoms with Crippen molar-refractivity contribution in [3.8, 4) is 22.8 Å². The van der Waals surface area contributed by atoms with Crippen molar-refractivity contribution in [3.63, 3.8) is 0 Å². The maximum absolute atomic E-state index is 4.84. The minimum atomic E-state index is -0.379. The number of aromatic nitrogens is 6. The number of hydrogen-bond donors (Lipinski definition) is 0. The van der Waals surface area contributed by atoms with Crippen molar-refractivity contribution < 1.29 is 21.1 Å². The predicted octanol–water partition coefficient (Wildman–Crippen LogP) is 3.20. The summed E-state index contributed by atoms with van der Waals surface area (Å²) in [6.45, 7) is 4.24. The Hall–Kier alpha value is -2.59. The summed E-state index contributed by atoms with van der Waals surface area (Å²) >= 11 is 0. The van der Waals surface area contributed by atoms with Crippen LogP contribution in [0.3, 0.4) is 0 Å². The van der Waals surface area contributed by atoms with Gasteiger partial charge >= 0.3 is 21.1 Å². The molecule has 0 amide bonds. The molecule has 0 N–H and O–H groups in total. The summed E-state index contributed by atoms with van der Waals surface area (Å²) in [5.74, 6) is 0. The van der Waals surface area contributed by atoms with Crippen LogP contribution in [0.2, 0.25) is 0 Å². The summed E-state index contributed by atoms with van der Waals surface area (Å²) in [5.41, 5.74) is 4.54. The summed E-state index contributed by atoms with van der Waals surface area (Å²) in [7, 11) is 3.75. The standard InChI is InChI=1S/C21H20N6.Pt/c1-21(2,19-9-5-7-15(22-19)17-11-13-26(3)24-17)20-10-6-8-16(23-20)18-12-14-27(4)25-18;/h5-10,13-14H,1-4H3;/q-2;+2. The van der Waals surface area contributed by atoms with E-state index in [4.69, 9.17) is 9.97 Å². The molecule has 4 rings (SSSR count). The molecule has 0 aliphatic heterocycles. The van der Waals surface area contributed by atoms with Crippen molar-refractivity contribution in [2.45, 2.75) is 19.3 Å². The molecule has 7 heteroatoms. The molecule has 0 saturated heterocycles. The molecule has 0 radical (unpaired) electrons. The quantitative estimate of drug-likeness (QED) is 0.366. The van der Waals surface area contributed by atoms with Crippen LogP contribution in [0.5, 0.6) is 0 Å². The van der Waals surface area contributed by atoms with Gasteiger partial charge in [0.05, 0.1) is 0 Å². The summed E-state index contributed by atoms with van der Waals surface area (Å²) in [5, 5.41) is 8.80. The predicted molar refractivity (Wildman–Crippen MR) is 103 cm³/mol. The van der Waals surface area contributed by atoms with E-state index < -0.39 is 0 Å². The van der Waals surface area contributed by atoms with Gasteiger partial charge in [0.2, 0.25) is 0 Å². The van der Waals surface area contributed by atoms with Crippen LogP contribution in [0.1, 0.15) is 25.2 Å². The van der Waals surface area contributed by atoms with E-state index in [1.807, 2.05) is 50.5 Å². The van der Waals surface area contributed by atoms with E-state index in [1.165, 1.54) is 0 Å². The fraction of sp³-hybridized carbons (Fsp3) is 0.238. The van der Waals surface area contributed by atoms with Crippen molar-refractivity contribution in [2.75, 3.05) is 0 Å². The fourth-order valence-corrected chi connectivity index (χ4v) is 2.95. The van der Waals surface area contributed by atoms with E-state index in [-0.39, 0.29) is 26.5 Å². The van der Waals surface area contributed by atoms with Crippen molar-refractivity contribution in [2.24, 2.45) is 14.1 Å². The summed E-state index contributed by atoms with van der Waals surface area (Å²) in [6.07, 6.45) is 3.59. The Kier molecular flexibility index (Phi) is 5.61. The van der Waals surface area contributed by atoms with Crippen LogP contribution in [0, 0.1) is 12.1 Å². The average molecular weight is 552 g/mol. The van der Waals surface area contributed by atoms with Gasteiger partial charge in [0.1, 0.15) is 0 Å². The van der Waals surface area contributed by atoms with E-state index in [1.54, 1.807) is 21.8 Å². The van der Waals surface area contributed by atoms with Crippen LogP contribution in [0.25, 0.3) is 22.8 Å². The molecule has 28 heavy (non-hydrogen) atoms. The third-order valence-corrected chi connectivity index (χ3v) is 4.56. The summed E-state index contributed by atoms with van der Waals surface area (Å²) < 4.78 is 3.45. The van der Waals surface area contributed by atoms with Crippen molar-refractivity contribution in [3.05, 3.63) is 72.3 Å². The van der Waals surface area contributed by atoms with Crippen LogP contribution in [0.4, 0.5) is 0 Å². The van der Waals surface area contributed by atoms with Gasteiger partial charge in [-0.05, 0) is 26.0 Å². The van der Waals surface area contributed by atoms with Gasteiger partial charge < -0.3 is 9.97 Å². The van der Waals surface area contributed by atoms with Crippen LogP contribution < -0.4 is 0 Å². The minimum Gasteiger partial charge on any atom is -0.345 e. The molecule has 4 aromatic heterocycles. The molecule has 0 aliphatic rings. The molecule has 0 aliphatic carbocycles. The van der Waals surface area contributed by atoms with E-state index in [0.717, 1.165) is 34.2 Å². The van der Waals surface area contributed by atoms with E-state index in [2.05, 4.69) is 36.2 Å². The van der Waals surface area contributed by atoms with Gasteiger partial charge in [-0.2, -0.15) is 0 Å². The second kappa shape index (κ2) is 7.80. The fourth-order valence-electron chi connectivity index (χ4n) is 2.95. The summed E-state index contributed by atoms with van der Waals surface area (Å²) in [6, 6.07) is 18.2. The Labute approximate surface area is 178 Å². The zero-order valence-electron chi connectivity index (χ0n) is 16.1. The molecular formula is C21H20N6Pt. The van der Waals surface area contributed by atoms with Gasteiger partial charge in [-0.3, -0.25) is 9.36 Å². The molecule has 0 spiro atoms. The Bertz CT molecular complexity index is 1010. The first kappa shape index (κ1) is 20.2. The number of pyridine rings is 2. The largest absolute Gasteiger partial charge is 2.00 e. The topological polar surface area (TPSA) is 61.4 Å². The Balaban J connectivity index is 0.00000225. The second-order valence-corrected chi connectivity index (χ2v) is 7.03. The molecule has 144 valence electrons. The Morgan fingerprint density at radius 1 is 0.750 bits per heavy atom. The van der Waals surface area contributed by atoms with Crippen LogP contribution in [-0.2, 0) is 40.6 Å². The summed E-state index contributed by atoms with van der Waals surface area (Å²) in [4.78, 5) is 9.67. The molecule has 0 aromatic carbocycles. The molecule has 0 saturated carbocycles. The van der Waals surface area contributed by atoms with Crippen LogP contribution >= 0.6 is 0 Å². The third-order valence-electron chi connectivity index (χ3n) is 4.56. The first-order valence-corrected chi connectivity index (χ1v) is 8.72. The van der Waals surface area contributed by atoms with Gasteiger partial charge in [0, 0.05) is 30.9 Å². The monoisotopic (exact) mass is 551 g/mol. The normalized spacial score (nSPS) is 11.3. The molecule has 0 fully saturated rings. The minimum absolute atomic E-state index is 0. The van der Waals surface area contributed by atoms with Gasteiger partial charge in [-0.15, -0.1) is 12.1 Å². The van der Waals surface area contributed by atoms with Crippen LogP contribution in [0.15, 0.2) is 48.8 Å². The SMILES string of the molecule is Cn1c[c-]c(-c2cccc(C(C)(C)c3cccc(-c4[c-]cn(C)n4)n3)n2)n1.[Pt+2]. The maximum Gasteiger partial charge on any atom is 2.00 e. The van der Waals surface area contributed by atoms with E-state index in [0.29, 0.717) is 0 Å². The van der Waals surface area contributed by atoms with Crippen molar-refractivity contribution >= 4 is 0 Å². The molecular weight excluding hydrogens is 531 g/mol. The average Bonchev–Trinajstić information content (AvgIpc) is 3.30. The molecule has 4 heterocycles. The smallest absolute Gasteiger partial charge is 0.345 e. The number of aryl methyl sites for hydroxylation is 2. The molecule has 0 atom stereocenters. The zero-order valence-corrected chi connectivity index (χ0v) is 18.4. The maximum atomic E-state index is 4.84. The molecule has 4 aromatic rings. The van der Waals surface area contributed by atoms with Gasteiger partial charge in [-0.25, -0.2) is 22.3 Å². The van der Waals surface area contributed by atoms with E-state index in [9.17, 15) is 0 Å². The zero-order chi connectivity index (χ0) is 19.0. The molecule has 0 unspecified atom stereocenters. The first-order chi connectivity index (χ1) is 12.9. The number of rotatable bonds is 4. The van der Waals surface area contributed by atoms with Crippen LogP contribution in [-0.4, -0.2) is 29.5 Å². The number of hydrogen-bond acceptors (Lipinski definition) is 4. The molecule has 0 bridgehead atoms. The van der Waals surface area contributed by atoms with Gasteiger partial charge in [0.25, 0.3) is 0 Å². The molecule has 6 nitrogen and oxygen atoms in total.